The molecule has 0 aliphatic heterocycles. The minimum absolute atomic E-state index is 0.00479. The molecule has 1 amide bonds. The third kappa shape index (κ3) is 4.74. The Hall–Kier alpha value is -1.01. The lowest BCUT2D eigenvalue weighted by molar-refractivity contribution is -0.131. The van der Waals surface area contributed by atoms with Gasteiger partial charge in [-0.05, 0) is 41.4 Å². The van der Waals surface area contributed by atoms with Gasteiger partial charge in [-0.25, -0.2) is 0 Å². The van der Waals surface area contributed by atoms with Gasteiger partial charge in [0.25, 0.3) is 0 Å². The van der Waals surface area contributed by atoms with E-state index in [1.165, 1.54) is 11.8 Å². The number of amides is 1. The molecular formula is C16H18ClNO2S2. The van der Waals surface area contributed by atoms with Crippen LogP contribution >= 0.6 is 34.7 Å². The minimum Gasteiger partial charge on any atom is -0.395 e. The summed E-state index contributed by atoms with van der Waals surface area (Å²) in [6.07, 6.45) is 0. The number of hydrogen-bond acceptors (Lipinski definition) is 4. The number of aliphatic hydroxyl groups excluding tert-OH is 1. The summed E-state index contributed by atoms with van der Waals surface area (Å²) in [6, 6.07) is 9.49. The summed E-state index contributed by atoms with van der Waals surface area (Å²) in [6.45, 7) is 2.69. The number of nitrogens with zero attached hydrogens (tertiary/aromatic N) is 1. The predicted molar refractivity (Wildman–Crippen MR) is 93.6 cm³/mol. The fourth-order valence-corrected chi connectivity index (χ4v) is 3.93. The Bertz CT molecular complexity index is 604. The zero-order valence-corrected chi connectivity index (χ0v) is 14.6. The summed E-state index contributed by atoms with van der Waals surface area (Å²) < 4.78 is 0. The Balaban J connectivity index is 2.04. The van der Waals surface area contributed by atoms with Crippen molar-refractivity contribution in [3.05, 3.63) is 51.7 Å². The average molecular weight is 356 g/mol. The van der Waals surface area contributed by atoms with Crippen LogP contribution in [0.25, 0.3) is 0 Å². The largest absolute Gasteiger partial charge is 0.395 e. The topological polar surface area (TPSA) is 40.5 Å². The lowest BCUT2D eigenvalue weighted by atomic mass is 10.3. The zero-order valence-electron chi connectivity index (χ0n) is 12.2. The lowest BCUT2D eigenvalue weighted by Gasteiger charge is -2.24. The fraction of sp³-hybridized carbons (Fsp3) is 0.312. The Kier molecular flexibility index (Phi) is 6.76. The molecule has 0 aliphatic rings. The molecule has 118 valence electrons. The van der Waals surface area contributed by atoms with Crippen LogP contribution in [0.5, 0.6) is 0 Å². The summed E-state index contributed by atoms with van der Waals surface area (Å²) in [5, 5.41) is 13.6. The van der Waals surface area contributed by atoms with E-state index < -0.39 is 0 Å². The van der Waals surface area contributed by atoms with E-state index in [1.54, 1.807) is 16.2 Å². The highest BCUT2D eigenvalue weighted by molar-refractivity contribution is 8.00. The second-order valence-corrected chi connectivity index (χ2v) is 7.38. The third-order valence-electron chi connectivity index (χ3n) is 3.12. The molecule has 0 spiro atoms. The number of carbonyl (C=O) groups is 1. The van der Waals surface area contributed by atoms with Crippen LogP contribution in [-0.2, 0) is 11.3 Å². The van der Waals surface area contributed by atoms with Crippen molar-refractivity contribution in [2.45, 2.75) is 23.6 Å². The van der Waals surface area contributed by atoms with E-state index in [4.69, 9.17) is 11.6 Å². The number of hydrogen-bond donors (Lipinski definition) is 1. The van der Waals surface area contributed by atoms with Crippen LogP contribution in [-0.4, -0.2) is 34.3 Å². The summed E-state index contributed by atoms with van der Waals surface area (Å²) in [5.74, 6) is 0.00479. The van der Waals surface area contributed by atoms with Crippen LogP contribution in [0, 0.1) is 0 Å². The van der Waals surface area contributed by atoms with Crippen LogP contribution in [0.15, 0.2) is 46.0 Å². The van der Waals surface area contributed by atoms with Crippen molar-refractivity contribution >= 4 is 40.6 Å². The Morgan fingerprint density at radius 3 is 2.82 bits per heavy atom. The van der Waals surface area contributed by atoms with Gasteiger partial charge in [0.2, 0.25) is 5.91 Å². The quantitative estimate of drug-likeness (QED) is 0.766. The SMILES string of the molecule is C[C@@H](Sc1ccccc1Cl)C(=O)N(CCO)Cc1ccsc1. The highest BCUT2D eigenvalue weighted by atomic mass is 35.5. The van der Waals surface area contributed by atoms with Gasteiger partial charge >= 0.3 is 0 Å². The molecule has 0 bridgehead atoms. The first-order chi connectivity index (χ1) is 10.6. The van der Waals surface area contributed by atoms with Crippen LogP contribution < -0.4 is 0 Å². The molecule has 0 saturated carbocycles. The van der Waals surface area contributed by atoms with Gasteiger partial charge in [-0.3, -0.25) is 4.79 Å². The molecule has 0 aliphatic carbocycles. The number of thiophene rings is 1. The van der Waals surface area contributed by atoms with E-state index in [-0.39, 0.29) is 17.8 Å². The van der Waals surface area contributed by atoms with E-state index in [9.17, 15) is 9.90 Å². The highest BCUT2D eigenvalue weighted by Gasteiger charge is 2.22. The van der Waals surface area contributed by atoms with Crippen molar-refractivity contribution < 1.29 is 9.90 Å². The maximum atomic E-state index is 12.6. The van der Waals surface area contributed by atoms with Gasteiger partial charge in [-0.2, -0.15) is 11.3 Å². The second-order valence-electron chi connectivity index (χ2n) is 4.81. The van der Waals surface area contributed by atoms with E-state index in [0.29, 0.717) is 18.1 Å². The normalized spacial score (nSPS) is 12.1. The molecule has 2 rings (SSSR count). The maximum absolute atomic E-state index is 12.6. The molecule has 1 heterocycles. The number of aliphatic hydroxyl groups is 1. The molecule has 22 heavy (non-hydrogen) atoms. The van der Waals surface area contributed by atoms with Crippen LogP contribution in [0.3, 0.4) is 0 Å². The van der Waals surface area contributed by atoms with Gasteiger partial charge in [0.05, 0.1) is 16.9 Å². The lowest BCUT2D eigenvalue weighted by Crippen LogP contribution is -2.37. The summed E-state index contributed by atoms with van der Waals surface area (Å²) >= 11 is 9.19. The number of thioether (sulfide) groups is 1. The highest BCUT2D eigenvalue weighted by Crippen LogP contribution is 2.31. The molecular weight excluding hydrogens is 338 g/mol. The molecule has 0 saturated heterocycles. The molecule has 1 aromatic heterocycles. The van der Waals surface area contributed by atoms with Crippen molar-refractivity contribution in [1.29, 1.82) is 0 Å². The van der Waals surface area contributed by atoms with Gasteiger partial charge in [-0.15, -0.1) is 11.8 Å². The molecule has 0 radical (unpaired) electrons. The van der Waals surface area contributed by atoms with Crippen molar-refractivity contribution in [3.8, 4) is 0 Å². The van der Waals surface area contributed by atoms with E-state index in [2.05, 4.69) is 0 Å². The number of rotatable bonds is 7. The van der Waals surface area contributed by atoms with E-state index in [0.717, 1.165) is 10.5 Å². The number of carbonyl (C=O) groups excluding carboxylic acids is 1. The van der Waals surface area contributed by atoms with Gasteiger partial charge < -0.3 is 10.0 Å². The first-order valence-corrected chi connectivity index (χ1v) is 9.13. The molecule has 0 fully saturated rings. The Morgan fingerprint density at radius 2 is 2.18 bits per heavy atom. The number of halogens is 1. The Labute approximate surface area is 143 Å². The third-order valence-corrected chi connectivity index (χ3v) is 5.46. The van der Waals surface area contributed by atoms with Crippen molar-refractivity contribution in [3.63, 3.8) is 0 Å². The van der Waals surface area contributed by atoms with Crippen molar-refractivity contribution in [2.75, 3.05) is 13.2 Å². The average Bonchev–Trinajstić information content (AvgIpc) is 3.01. The molecule has 1 aromatic carbocycles. The summed E-state index contributed by atoms with van der Waals surface area (Å²) in [4.78, 5) is 15.2. The first kappa shape index (κ1) is 17.3. The molecule has 1 atom stereocenters. The summed E-state index contributed by atoms with van der Waals surface area (Å²) in [5.41, 5.74) is 1.08. The van der Waals surface area contributed by atoms with E-state index in [1.807, 2.05) is 48.0 Å². The Morgan fingerprint density at radius 1 is 1.41 bits per heavy atom. The molecule has 6 heteroatoms. The van der Waals surface area contributed by atoms with Crippen molar-refractivity contribution in [1.82, 2.24) is 4.90 Å². The molecule has 3 nitrogen and oxygen atoms in total. The fourth-order valence-electron chi connectivity index (χ4n) is 2.03. The van der Waals surface area contributed by atoms with Crippen LogP contribution in [0.1, 0.15) is 12.5 Å². The van der Waals surface area contributed by atoms with Gasteiger partial charge in [0.1, 0.15) is 0 Å². The second kappa shape index (κ2) is 8.58. The monoisotopic (exact) mass is 355 g/mol. The number of benzene rings is 1. The molecule has 1 N–H and O–H groups in total. The smallest absolute Gasteiger partial charge is 0.236 e. The first-order valence-electron chi connectivity index (χ1n) is 6.93. The van der Waals surface area contributed by atoms with Crippen LogP contribution in [0.4, 0.5) is 0 Å². The maximum Gasteiger partial charge on any atom is 0.236 e. The standard InChI is InChI=1S/C16H18ClNO2S2/c1-12(22-15-5-3-2-4-14(15)17)16(20)18(7-8-19)10-13-6-9-21-11-13/h2-6,9,11-12,19H,7-8,10H2,1H3/t12-/m1/s1. The molecule has 0 unspecified atom stereocenters. The van der Waals surface area contributed by atoms with Gasteiger partial charge in [-0.1, -0.05) is 23.7 Å². The van der Waals surface area contributed by atoms with Gasteiger partial charge in [0, 0.05) is 18.0 Å². The summed E-state index contributed by atoms with van der Waals surface area (Å²) in [7, 11) is 0. The van der Waals surface area contributed by atoms with E-state index >= 15 is 0 Å². The van der Waals surface area contributed by atoms with Gasteiger partial charge in [0.15, 0.2) is 0 Å². The zero-order chi connectivity index (χ0) is 15.9. The minimum atomic E-state index is -0.259. The predicted octanol–water partition coefficient (Wildman–Crippen LogP) is 3.90. The van der Waals surface area contributed by atoms with Crippen LogP contribution in [0.2, 0.25) is 5.02 Å². The molecule has 2 aromatic rings. The van der Waals surface area contributed by atoms with Crippen molar-refractivity contribution in [2.24, 2.45) is 0 Å².